The number of thioether (sulfide) groups is 2. The van der Waals surface area contributed by atoms with E-state index in [-0.39, 0.29) is 29.5 Å². The normalized spacial score (nSPS) is 15.5. The van der Waals surface area contributed by atoms with E-state index in [1.165, 1.54) is 38.5 Å². The predicted octanol–water partition coefficient (Wildman–Crippen LogP) is 3.23. The molecule has 2 aromatic carbocycles. The quantitative estimate of drug-likeness (QED) is 0.329. The Labute approximate surface area is 268 Å². The summed E-state index contributed by atoms with van der Waals surface area (Å²) in [4.78, 5) is 25.1. The van der Waals surface area contributed by atoms with Crippen molar-refractivity contribution >= 4 is 35.4 Å². The van der Waals surface area contributed by atoms with Gasteiger partial charge in [-0.15, -0.1) is 0 Å². The van der Waals surface area contributed by atoms with Crippen LogP contribution < -0.4 is 34.6 Å². The summed E-state index contributed by atoms with van der Waals surface area (Å²) >= 11 is 3.56. The molecule has 3 rings (SSSR count). The van der Waals surface area contributed by atoms with Crippen LogP contribution in [0.3, 0.4) is 0 Å². The zero-order chi connectivity index (χ0) is 29.1. The van der Waals surface area contributed by atoms with E-state index in [0.29, 0.717) is 23.8 Å². The van der Waals surface area contributed by atoms with Gasteiger partial charge in [-0.2, -0.15) is 23.5 Å². The molecule has 0 heterocycles. The molecule has 1 saturated carbocycles. The van der Waals surface area contributed by atoms with Crippen LogP contribution in [0.15, 0.2) is 42.5 Å². The number of carbonyl (C=O) groups excluding carboxylic acids is 2. The summed E-state index contributed by atoms with van der Waals surface area (Å²) in [6.45, 7) is 9.59. The van der Waals surface area contributed by atoms with Gasteiger partial charge in [0, 0.05) is 28.6 Å². The number of carboxylic acid groups (broad SMARTS) is 1. The van der Waals surface area contributed by atoms with Crippen LogP contribution in [0.1, 0.15) is 87.2 Å². The van der Waals surface area contributed by atoms with Crippen molar-refractivity contribution in [2.45, 2.75) is 96.0 Å². The topological polar surface area (TPSA) is 81.3 Å². The molecular weight excluding hydrogens is 543 g/mol. The van der Waals surface area contributed by atoms with Crippen LogP contribution in [0.4, 0.5) is 0 Å². The Bertz CT molecular complexity index is 1120. The molecular formula is C33H47LiN2O3S2. The number of rotatable bonds is 14. The first-order valence-electron chi connectivity index (χ1n) is 14.6. The van der Waals surface area contributed by atoms with E-state index >= 15 is 0 Å². The molecule has 0 aliphatic heterocycles. The van der Waals surface area contributed by atoms with Crippen molar-refractivity contribution in [3.63, 3.8) is 0 Å². The Morgan fingerprint density at radius 2 is 1.76 bits per heavy atom. The molecule has 41 heavy (non-hydrogen) atoms. The number of carbonyl (C=O) groups is 2. The summed E-state index contributed by atoms with van der Waals surface area (Å²) in [5.74, 6) is 0.862. The number of amides is 1. The van der Waals surface area contributed by atoms with Gasteiger partial charge in [-0.1, -0.05) is 83.2 Å². The molecule has 2 atom stereocenters. The van der Waals surface area contributed by atoms with E-state index in [2.05, 4.69) is 37.5 Å². The van der Waals surface area contributed by atoms with Crippen molar-refractivity contribution in [2.24, 2.45) is 5.92 Å². The predicted molar refractivity (Wildman–Crippen MR) is 170 cm³/mol. The summed E-state index contributed by atoms with van der Waals surface area (Å²) in [7, 11) is 0. The minimum absolute atomic E-state index is 0. The maximum atomic E-state index is 13.4. The largest absolute Gasteiger partial charge is 1.00 e. The van der Waals surface area contributed by atoms with E-state index in [0.717, 1.165) is 40.5 Å². The number of carboxylic acids is 1. The zero-order valence-electron chi connectivity index (χ0n) is 25.9. The van der Waals surface area contributed by atoms with Gasteiger partial charge in [-0.25, -0.2) is 0 Å². The summed E-state index contributed by atoms with van der Waals surface area (Å²) in [6.07, 6.45) is 10.2. The van der Waals surface area contributed by atoms with Gasteiger partial charge in [0.1, 0.15) is 0 Å². The molecule has 0 aromatic heterocycles. The maximum absolute atomic E-state index is 13.4. The molecule has 220 valence electrons. The second-order valence-electron chi connectivity index (χ2n) is 12.1. The summed E-state index contributed by atoms with van der Waals surface area (Å²) < 4.78 is 0.221. The Morgan fingerprint density at radius 3 is 2.39 bits per heavy atom. The Kier molecular flexibility index (Phi) is 15.5. The van der Waals surface area contributed by atoms with Gasteiger partial charge in [0.15, 0.2) is 0 Å². The van der Waals surface area contributed by atoms with Gasteiger partial charge in [0.25, 0.3) is 5.91 Å². The molecule has 1 aliphatic rings. The van der Waals surface area contributed by atoms with Crippen LogP contribution in [-0.2, 0) is 11.3 Å². The maximum Gasteiger partial charge on any atom is 1.00 e. The third-order valence-electron chi connectivity index (χ3n) is 7.62. The Morgan fingerprint density at radius 1 is 1.05 bits per heavy atom. The average Bonchev–Trinajstić information content (AvgIpc) is 2.92. The van der Waals surface area contributed by atoms with Crippen molar-refractivity contribution in [1.82, 2.24) is 10.6 Å². The minimum Gasteiger partial charge on any atom is -0.548 e. The molecule has 0 saturated heterocycles. The van der Waals surface area contributed by atoms with Crippen LogP contribution >= 0.6 is 23.5 Å². The number of benzene rings is 2. The van der Waals surface area contributed by atoms with Crippen LogP contribution in [0.25, 0.3) is 11.1 Å². The van der Waals surface area contributed by atoms with E-state index in [1.807, 2.05) is 61.3 Å². The van der Waals surface area contributed by atoms with Crippen molar-refractivity contribution in [2.75, 3.05) is 17.8 Å². The third kappa shape index (κ3) is 12.0. The Hall–Kier alpha value is -1.36. The molecule has 1 unspecified atom stereocenters. The summed E-state index contributed by atoms with van der Waals surface area (Å²) in [5.41, 5.74) is 4.46. The first kappa shape index (κ1) is 35.8. The Balaban J connectivity index is 0.00000588. The van der Waals surface area contributed by atoms with E-state index in [9.17, 15) is 14.7 Å². The van der Waals surface area contributed by atoms with E-state index in [4.69, 9.17) is 0 Å². The van der Waals surface area contributed by atoms with Crippen molar-refractivity contribution in [3.05, 3.63) is 59.2 Å². The van der Waals surface area contributed by atoms with Gasteiger partial charge in [-0.05, 0) is 72.1 Å². The monoisotopic (exact) mass is 590 g/mol. The molecule has 1 amide bonds. The summed E-state index contributed by atoms with van der Waals surface area (Å²) in [6, 6.07) is 13.4. The SMILES string of the molecule is CSCC[C@H](NC(=O)c1ccc(CNC(CSC(C)(C)C)CC2CCCCC2)cc1-c1ccccc1C)C(=O)[O-].[Li+]. The summed E-state index contributed by atoms with van der Waals surface area (Å²) in [5, 5.41) is 18.3. The number of nitrogens with one attached hydrogen (secondary N) is 2. The second kappa shape index (κ2) is 17.7. The molecule has 0 spiro atoms. The van der Waals surface area contributed by atoms with E-state index < -0.39 is 12.0 Å². The molecule has 0 bridgehead atoms. The number of hydrogen-bond donors (Lipinski definition) is 2. The average molecular weight is 591 g/mol. The number of hydrogen-bond acceptors (Lipinski definition) is 6. The fourth-order valence-electron chi connectivity index (χ4n) is 5.37. The van der Waals surface area contributed by atoms with Gasteiger partial charge in [-0.3, -0.25) is 4.79 Å². The molecule has 5 nitrogen and oxygen atoms in total. The molecule has 1 aliphatic carbocycles. The van der Waals surface area contributed by atoms with Crippen LogP contribution in [-0.4, -0.2) is 46.5 Å². The zero-order valence-corrected chi connectivity index (χ0v) is 27.5. The number of aliphatic carboxylic acids is 1. The van der Waals surface area contributed by atoms with Gasteiger partial charge >= 0.3 is 18.9 Å². The van der Waals surface area contributed by atoms with Crippen LogP contribution in [0.5, 0.6) is 0 Å². The fraction of sp³-hybridized carbons (Fsp3) is 0.576. The van der Waals surface area contributed by atoms with Crippen molar-refractivity contribution in [1.29, 1.82) is 0 Å². The van der Waals surface area contributed by atoms with Gasteiger partial charge in [0.2, 0.25) is 0 Å². The molecule has 8 heteroatoms. The van der Waals surface area contributed by atoms with E-state index in [1.54, 1.807) is 11.8 Å². The molecule has 2 N–H and O–H groups in total. The third-order valence-corrected chi connectivity index (χ3v) is 9.70. The number of aryl methyl sites for hydroxylation is 1. The second-order valence-corrected chi connectivity index (χ2v) is 14.9. The van der Waals surface area contributed by atoms with Crippen LogP contribution in [0.2, 0.25) is 0 Å². The first-order valence-corrected chi connectivity index (χ1v) is 17.0. The standard InChI is InChI=1S/C33H48N2O3S2.Li/c1-23-11-9-10-14-27(23)29-20-25(15-16-28(29)31(36)35-30(32(37)38)17-18-39-5)21-34-26(22-40-33(2,3)4)19-24-12-7-6-8-13-24;/h9-11,14-16,20,24,26,30,34H,6-8,12-13,17-19,21-22H2,1-5H3,(H,35,36)(H,37,38);/q;+1/p-1/t26?,30-;/m0./s1. The molecule has 1 fully saturated rings. The minimum atomic E-state index is -1.25. The van der Waals surface area contributed by atoms with Crippen molar-refractivity contribution < 1.29 is 33.6 Å². The fourth-order valence-corrected chi connectivity index (χ4v) is 6.79. The van der Waals surface area contributed by atoms with Gasteiger partial charge < -0.3 is 20.5 Å². The molecule has 2 aromatic rings. The van der Waals surface area contributed by atoms with Crippen LogP contribution in [0, 0.1) is 12.8 Å². The van der Waals surface area contributed by atoms with Crippen molar-refractivity contribution in [3.8, 4) is 11.1 Å². The first-order chi connectivity index (χ1) is 19.1. The smallest absolute Gasteiger partial charge is 0.548 e. The van der Waals surface area contributed by atoms with Gasteiger partial charge in [0.05, 0.1) is 12.0 Å². The molecule has 0 radical (unpaired) electrons.